The van der Waals surface area contributed by atoms with Crippen molar-refractivity contribution in [2.24, 2.45) is 0 Å². The number of amides is 2. The third-order valence-electron chi connectivity index (χ3n) is 3.77. The minimum Gasteiger partial charge on any atom is -0.481 e. The summed E-state index contributed by atoms with van der Waals surface area (Å²) < 4.78 is 0. The second kappa shape index (κ2) is 11.0. The van der Waals surface area contributed by atoms with Gasteiger partial charge in [-0.05, 0) is 24.8 Å². The predicted octanol–water partition coefficient (Wildman–Crippen LogP) is 2.05. The molecule has 2 amide bonds. The van der Waals surface area contributed by atoms with E-state index in [4.69, 9.17) is 5.11 Å². The van der Waals surface area contributed by atoms with E-state index in [0.717, 1.165) is 5.56 Å². The monoisotopic (exact) mass is 346 g/mol. The highest BCUT2D eigenvalue weighted by Gasteiger charge is 2.23. The minimum absolute atomic E-state index is 0.166. The Balaban J connectivity index is 2.70. The van der Waals surface area contributed by atoms with Crippen LogP contribution in [0.1, 0.15) is 38.2 Å². The van der Waals surface area contributed by atoms with Gasteiger partial charge in [-0.1, -0.05) is 43.3 Å². The summed E-state index contributed by atoms with van der Waals surface area (Å²) in [5.74, 6) is -1.60. The molecule has 3 N–H and O–H groups in total. The lowest BCUT2D eigenvalue weighted by Gasteiger charge is -2.22. The summed E-state index contributed by atoms with van der Waals surface area (Å²) in [6.45, 7) is 5.29. The largest absolute Gasteiger partial charge is 0.481 e. The first-order chi connectivity index (χ1) is 12.0. The van der Waals surface area contributed by atoms with Gasteiger partial charge in [0, 0.05) is 12.5 Å². The fraction of sp³-hybridized carbons (Fsp3) is 0.421. The lowest BCUT2D eigenvalue weighted by Crippen LogP contribution is -2.49. The van der Waals surface area contributed by atoms with Crippen LogP contribution in [0.4, 0.5) is 0 Å². The summed E-state index contributed by atoms with van der Waals surface area (Å²) >= 11 is 0. The summed E-state index contributed by atoms with van der Waals surface area (Å²) in [5, 5.41) is 14.5. The van der Waals surface area contributed by atoms with Crippen molar-refractivity contribution in [2.45, 2.75) is 51.1 Å². The quantitative estimate of drug-likeness (QED) is 0.534. The number of carbonyl (C=O) groups is 3. The van der Waals surface area contributed by atoms with Crippen LogP contribution in [-0.2, 0) is 20.8 Å². The molecule has 6 heteroatoms. The molecular formula is C19H26N2O4. The third kappa shape index (κ3) is 8.15. The normalized spacial score (nSPS) is 12.7. The predicted molar refractivity (Wildman–Crippen MR) is 96.0 cm³/mol. The number of carboxylic acids is 1. The number of nitrogens with one attached hydrogen (secondary N) is 2. The molecule has 0 radical (unpaired) electrons. The van der Waals surface area contributed by atoms with Gasteiger partial charge < -0.3 is 15.7 Å². The van der Waals surface area contributed by atoms with Crippen molar-refractivity contribution in [1.82, 2.24) is 10.6 Å². The Kier molecular flexibility index (Phi) is 9.00. The Labute approximate surface area is 148 Å². The van der Waals surface area contributed by atoms with Gasteiger partial charge in [-0.3, -0.25) is 14.4 Å². The molecule has 0 spiro atoms. The molecule has 0 heterocycles. The van der Waals surface area contributed by atoms with Gasteiger partial charge in [-0.25, -0.2) is 0 Å². The van der Waals surface area contributed by atoms with Crippen LogP contribution in [0.25, 0.3) is 0 Å². The number of aliphatic carboxylic acids is 1. The van der Waals surface area contributed by atoms with Crippen LogP contribution in [0.5, 0.6) is 0 Å². The molecule has 1 unspecified atom stereocenters. The molecule has 0 aliphatic rings. The highest BCUT2D eigenvalue weighted by molar-refractivity contribution is 5.88. The van der Waals surface area contributed by atoms with E-state index in [9.17, 15) is 14.4 Å². The van der Waals surface area contributed by atoms with Gasteiger partial charge in [0.25, 0.3) is 0 Å². The van der Waals surface area contributed by atoms with Gasteiger partial charge in [0.15, 0.2) is 0 Å². The van der Waals surface area contributed by atoms with Gasteiger partial charge in [-0.2, -0.15) is 0 Å². The van der Waals surface area contributed by atoms with Gasteiger partial charge in [0.2, 0.25) is 11.8 Å². The van der Waals surface area contributed by atoms with Crippen LogP contribution in [-0.4, -0.2) is 35.0 Å². The summed E-state index contributed by atoms with van der Waals surface area (Å²) in [4.78, 5) is 35.1. The standard InChI is InChI=1S/C19H26N2O4/c1-3-8-16(21-17(22)4-2)19(25)20-15(13-18(23)24)12-11-14-9-6-5-7-10-14/h3,5-7,9-10,15-16H,1,4,8,11-13H2,2H3,(H,20,25)(H,21,22)(H,23,24)/t15-,16?/m0/s1. The third-order valence-corrected chi connectivity index (χ3v) is 3.77. The molecule has 0 aliphatic carbocycles. The lowest BCUT2D eigenvalue weighted by atomic mass is 10.0. The first-order valence-corrected chi connectivity index (χ1v) is 8.42. The van der Waals surface area contributed by atoms with Crippen molar-refractivity contribution in [3.63, 3.8) is 0 Å². The summed E-state index contributed by atoms with van der Waals surface area (Å²) in [5.41, 5.74) is 1.08. The molecule has 1 aromatic rings. The number of hydrogen-bond donors (Lipinski definition) is 3. The first kappa shape index (κ1) is 20.4. The maximum Gasteiger partial charge on any atom is 0.305 e. The van der Waals surface area contributed by atoms with Gasteiger partial charge in [-0.15, -0.1) is 6.58 Å². The van der Waals surface area contributed by atoms with Gasteiger partial charge in [0.05, 0.1) is 6.42 Å². The van der Waals surface area contributed by atoms with E-state index in [1.807, 2.05) is 30.3 Å². The van der Waals surface area contributed by atoms with E-state index in [0.29, 0.717) is 12.8 Å². The molecule has 136 valence electrons. The summed E-state index contributed by atoms with van der Waals surface area (Å²) in [7, 11) is 0. The van der Waals surface area contributed by atoms with Crippen molar-refractivity contribution >= 4 is 17.8 Å². The highest BCUT2D eigenvalue weighted by atomic mass is 16.4. The van der Waals surface area contributed by atoms with Gasteiger partial charge >= 0.3 is 5.97 Å². The van der Waals surface area contributed by atoms with Crippen LogP contribution in [0, 0.1) is 0 Å². The second-order valence-corrected chi connectivity index (χ2v) is 5.83. The van der Waals surface area contributed by atoms with Crippen LogP contribution in [0.3, 0.4) is 0 Å². The van der Waals surface area contributed by atoms with E-state index < -0.39 is 18.1 Å². The van der Waals surface area contributed by atoms with Crippen molar-refractivity contribution in [3.8, 4) is 0 Å². The molecule has 1 aromatic carbocycles. The van der Waals surface area contributed by atoms with Crippen LogP contribution in [0.2, 0.25) is 0 Å². The SMILES string of the molecule is C=CCC(NC(=O)CC)C(=O)N[C@@H](CCc1ccccc1)CC(=O)O. The number of benzene rings is 1. The fourth-order valence-electron chi connectivity index (χ4n) is 2.42. The Bertz CT molecular complexity index is 586. The Morgan fingerprint density at radius 2 is 1.88 bits per heavy atom. The van der Waals surface area contributed by atoms with Crippen LogP contribution < -0.4 is 10.6 Å². The first-order valence-electron chi connectivity index (χ1n) is 8.42. The molecular weight excluding hydrogens is 320 g/mol. The number of carboxylic acid groups (broad SMARTS) is 1. The van der Waals surface area contributed by atoms with Crippen molar-refractivity contribution in [2.75, 3.05) is 0 Å². The van der Waals surface area contributed by atoms with E-state index in [-0.39, 0.29) is 31.1 Å². The molecule has 0 saturated carbocycles. The van der Waals surface area contributed by atoms with Crippen molar-refractivity contribution in [1.29, 1.82) is 0 Å². The summed E-state index contributed by atoms with van der Waals surface area (Å²) in [6, 6.07) is 8.43. The lowest BCUT2D eigenvalue weighted by molar-refractivity contribution is -0.138. The Morgan fingerprint density at radius 1 is 1.20 bits per heavy atom. The highest BCUT2D eigenvalue weighted by Crippen LogP contribution is 2.08. The fourth-order valence-corrected chi connectivity index (χ4v) is 2.42. The zero-order valence-corrected chi connectivity index (χ0v) is 14.5. The molecule has 0 saturated heterocycles. The average Bonchev–Trinajstić information content (AvgIpc) is 2.59. The molecule has 1 rings (SSSR count). The average molecular weight is 346 g/mol. The zero-order valence-electron chi connectivity index (χ0n) is 14.5. The van der Waals surface area contributed by atoms with Crippen LogP contribution in [0.15, 0.2) is 43.0 Å². The molecule has 2 atom stereocenters. The molecule has 0 aromatic heterocycles. The number of hydrogen-bond acceptors (Lipinski definition) is 3. The van der Waals surface area contributed by atoms with Crippen molar-refractivity contribution < 1.29 is 19.5 Å². The smallest absolute Gasteiger partial charge is 0.305 e. The zero-order chi connectivity index (χ0) is 18.7. The Hall–Kier alpha value is -2.63. The molecule has 6 nitrogen and oxygen atoms in total. The topological polar surface area (TPSA) is 95.5 Å². The van der Waals surface area contributed by atoms with E-state index in [1.54, 1.807) is 13.0 Å². The maximum atomic E-state index is 12.4. The molecule has 0 fully saturated rings. The maximum absolute atomic E-state index is 12.4. The molecule has 0 bridgehead atoms. The number of carbonyl (C=O) groups excluding carboxylic acids is 2. The second-order valence-electron chi connectivity index (χ2n) is 5.83. The minimum atomic E-state index is -0.976. The van der Waals surface area contributed by atoms with Gasteiger partial charge in [0.1, 0.15) is 6.04 Å². The van der Waals surface area contributed by atoms with Crippen LogP contribution >= 0.6 is 0 Å². The molecule has 0 aliphatic heterocycles. The van der Waals surface area contributed by atoms with E-state index >= 15 is 0 Å². The number of aryl methyl sites for hydroxylation is 1. The molecule has 25 heavy (non-hydrogen) atoms. The van der Waals surface area contributed by atoms with E-state index in [1.165, 1.54) is 0 Å². The Morgan fingerprint density at radius 3 is 2.44 bits per heavy atom. The van der Waals surface area contributed by atoms with E-state index in [2.05, 4.69) is 17.2 Å². The number of rotatable bonds is 11. The van der Waals surface area contributed by atoms with Crippen molar-refractivity contribution in [3.05, 3.63) is 48.6 Å². The summed E-state index contributed by atoms with van der Waals surface area (Å²) in [6.07, 6.45) is 3.11.